The van der Waals surface area contributed by atoms with Gasteiger partial charge in [-0.3, -0.25) is 9.69 Å². The Labute approximate surface area is 162 Å². The Morgan fingerprint density at radius 1 is 1.04 bits per heavy atom. The van der Waals surface area contributed by atoms with Crippen LogP contribution in [0.5, 0.6) is 0 Å². The summed E-state index contributed by atoms with van der Waals surface area (Å²) in [4.78, 5) is 16.4. The molecule has 3 nitrogen and oxygen atoms in total. The van der Waals surface area contributed by atoms with E-state index in [4.69, 9.17) is 23.2 Å². The van der Waals surface area contributed by atoms with Crippen LogP contribution in [0.3, 0.4) is 0 Å². The second-order valence-electron chi connectivity index (χ2n) is 6.22. The van der Waals surface area contributed by atoms with Crippen molar-refractivity contribution in [2.45, 2.75) is 6.54 Å². The van der Waals surface area contributed by atoms with Crippen LogP contribution >= 0.6 is 23.2 Å². The highest BCUT2D eigenvalue weighted by molar-refractivity contribution is 6.35. The molecule has 0 aliphatic carbocycles. The number of carbonyl (C=O) groups is 1. The Balaban J connectivity index is 1.51. The van der Waals surface area contributed by atoms with Crippen molar-refractivity contribution in [2.75, 3.05) is 26.2 Å². The van der Waals surface area contributed by atoms with Gasteiger partial charge in [0.05, 0.1) is 0 Å². The van der Waals surface area contributed by atoms with E-state index in [1.54, 1.807) is 30.4 Å². The van der Waals surface area contributed by atoms with Gasteiger partial charge >= 0.3 is 0 Å². The van der Waals surface area contributed by atoms with Crippen LogP contribution in [0.2, 0.25) is 10.0 Å². The number of hydrogen-bond donors (Lipinski definition) is 0. The number of amides is 1. The summed E-state index contributed by atoms with van der Waals surface area (Å²) in [6.45, 7) is 3.64. The van der Waals surface area contributed by atoms with E-state index in [0.717, 1.165) is 30.8 Å². The second kappa shape index (κ2) is 8.67. The predicted molar refractivity (Wildman–Crippen MR) is 104 cm³/mol. The molecule has 2 aromatic rings. The monoisotopic (exact) mass is 392 g/mol. The summed E-state index contributed by atoms with van der Waals surface area (Å²) in [5.74, 6) is -0.316. The van der Waals surface area contributed by atoms with Crippen LogP contribution in [0.25, 0.3) is 6.08 Å². The standard InChI is InChI=1S/C20H19Cl2FN2O/c21-17-5-4-16(19(22)13-17)14-24-9-11-25(12-10-24)20(26)8-3-15-1-6-18(23)7-2-15/h1-8,13H,9-12,14H2/b8-3+. The molecule has 6 heteroatoms. The normalized spacial score (nSPS) is 15.6. The maximum absolute atomic E-state index is 12.9. The fraction of sp³-hybridized carbons (Fsp3) is 0.250. The lowest BCUT2D eigenvalue weighted by atomic mass is 10.2. The zero-order chi connectivity index (χ0) is 18.5. The van der Waals surface area contributed by atoms with Crippen molar-refractivity contribution in [2.24, 2.45) is 0 Å². The zero-order valence-corrected chi connectivity index (χ0v) is 15.7. The van der Waals surface area contributed by atoms with Crippen molar-refractivity contribution in [1.29, 1.82) is 0 Å². The third kappa shape index (κ3) is 5.07. The lowest BCUT2D eigenvalue weighted by molar-refractivity contribution is -0.127. The minimum atomic E-state index is -0.287. The Bertz CT molecular complexity index is 800. The molecule has 0 saturated carbocycles. The average molecular weight is 393 g/mol. The summed E-state index contributed by atoms with van der Waals surface area (Å²) in [5, 5.41) is 1.29. The van der Waals surface area contributed by atoms with Gasteiger partial charge in [0.1, 0.15) is 5.82 Å². The minimum absolute atomic E-state index is 0.0292. The second-order valence-corrected chi connectivity index (χ2v) is 7.07. The van der Waals surface area contributed by atoms with Crippen LogP contribution < -0.4 is 0 Å². The van der Waals surface area contributed by atoms with Gasteiger partial charge in [0.15, 0.2) is 0 Å². The Kier molecular flexibility index (Phi) is 6.30. The first-order chi connectivity index (χ1) is 12.5. The lowest BCUT2D eigenvalue weighted by Gasteiger charge is -2.34. The summed E-state index contributed by atoms with van der Waals surface area (Å²) in [7, 11) is 0. The van der Waals surface area contributed by atoms with E-state index >= 15 is 0 Å². The SMILES string of the molecule is O=C(/C=C/c1ccc(F)cc1)N1CCN(Cc2ccc(Cl)cc2Cl)CC1. The topological polar surface area (TPSA) is 23.6 Å². The van der Waals surface area contributed by atoms with Gasteiger partial charge in [-0.25, -0.2) is 4.39 Å². The van der Waals surface area contributed by atoms with Gasteiger partial charge < -0.3 is 4.90 Å². The van der Waals surface area contributed by atoms with Gasteiger partial charge in [-0.05, 0) is 41.5 Å². The van der Waals surface area contributed by atoms with E-state index in [-0.39, 0.29) is 11.7 Å². The Morgan fingerprint density at radius 2 is 1.73 bits per heavy atom. The number of halogens is 3. The molecular formula is C20H19Cl2FN2O. The highest BCUT2D eigenvalue weighted by atomic mass is 35.5. The van der Waals surface area contributed by atoms with Crippen molar-refractivity contribution in [1.82, 2.24) is 9.80 Å². The van der Waals surface area contributed by atoms with Crippen LogP contribution in [0.15, 0.2) is 48.5 Å². The lowest BCUT2D eigenvalue weighted by Crippen LogP contribution is -2.47. The summed E-state index contributed by atoms with van der Waals surface area (Å²) in [6, 6.07) is 11.6. The summed E-state index contributed by atoms with van der Waals surface area (Å²) >= 11 is 12.2. The first-order valence-electron chi connectivity index (χ1n) is 8.40. The van der Waals surface area contributed by atoms with Crippen molar-refractivity contribution in [3.8, 4) is 0 Å². The van der Waals surface area contributed by atoms with Crippen molar-refractivity contribution in [3.05, 3.63) is 75.5 Å². The molecule has 0 N–H and O–H groups in total. The molecular weight excluding hydrogens is 374 g/mol. The van der Waals surface area contributed by atoms with Crippen LogP contribution in [0.4, 0.5) is 4.39 Å². The highest BCUT2D eigenvalue weighted by Gasteiger charge is 2.20. The van der Waals surface area contributed by atoms with Crippen LogP contribution in [-0.4, -0.2) is 41.9 Å². The largest absolute Gasteiger partial charge is 0.337 e. The molecule has 1 aliphatic rings. The Morgan fingerprint density at radius 3 is 2.38 bits per heavy atom. The van der Waals surface area contributed by atoms with Crippen molar-refractivity contribution >= 4 is 35.2 Å². The van der Waals surface area contributed by atoms with E-state index in [2.05, 4.69) is 4.90 Å². The average Bonchev–Trinajstić information content (AvgIpc) is 2.64. The number of piperazine rings is 1. The fourth-order valence-electron chi connectivity index (χ4n) is 2.86. The highest BCUT2D eigenvalue weighted by Crippen LogP contribution is 2.22. The molecule has 1 amide bonds. The van der Waals surface area contributed by atoms with Gasteiger partial charge in [0.2, 0.25) is 5.91 Å². The molecule has 0 atom stereocenters. The number of benzene rings is 2. The molecule has 1 saturated heterocycles. The van der Waals surface area contributed by atoms with Crippen molar-refractivity contribution < 1.29 is 9.18 Å². The van der Waals surface area contributed by atoms with Gasteiger partial charge in [-0.1, -0.05) is 41.4 Å². The molecule has 2 aromatic carbocycles. The van der Waals surface area contributed by atoms with E-state index in [0.29, 0.717) is 23.1 Å². The van der Waals surface area contributed by atoms with Gasteiger partial charge in [0, 0.05) is 48.8 Å². The summed E-state index contributed by atoms with van der Waals surface area (Å²) in [6.07, 6.45) is 3.25. The number of carbonyl (C=O) groups excluding carboxylic acids is 1. The maximum atomic E-state index is 12.9. The summed E-state index contributed by atoms with van der Waals surface area (Å²) < 4.78 is 12.9. The number of nitrogens with zero attached hydrogens (tertiary/aromatic N) is 2. The van der Waals surface area contributed by atoms with Crippen LogP contribution in [-0.2, 0) is 11.3 Å². The number of hydrogen-bond acceptors (Lipinski definition) is 2. The number of rotatable bonds is 4. The van der Waals surface area contributed by atoms with Gasteiger partial charge in [-0.2, -0.15) is 0 Å². The molecule has 1 aliphatic heterocycles. The van der Waals surface area contributed by atoms with Crippen LogP contribution in [0.1, 0.15) is 11.1 Å². The smallest absolute Gasteiger partial charge is 0.246 e. The quantitative estimate of drug-likeness (QED) is 0.715. The molecule has 0 aromatic heterocycles. The molecule has 1 heterocycles. The third-order valence-electron chi connectivity index (χ3n) is 4.38. The van der Waals surface area contributed by atoms with E-state index < -0.39 is 0 Å². The Hall–Kier alpha value is -1.88. The van der Waals surface area contributed by atoms with Gasteiger partial charge in [-0.15, -0.1) is 0 Å². The molecule has 136 valence electrons. The summed E-state index contributed by atoms with van der Waals surface area (Å²) in [5.41, 5.74) is 1.84. The van der Waals surface area contributed by atoms with E-state index in [1.807, 2.05) is 17.0 Å². The van der Waals surface area contributed by atoms with Crippen molar-refractivity contribution in [3.63, 3.8) is 0 Å². The predicted octanol–water partition coefficient (Wildman–Crippen LogP) is 4.49. The van der Waals surface area contributed by atoms with E-state index in [9.17, 15) is 9.18 Å². The van der Waals surface area contributed by atoms with E-state index in [1.165, 1.54) is 12.1 Å². The molecule has 0 bridgehead atoms. The maximum Gasteiger partial charge on any atom is 0.246 e. The van der Waals surface area contributed by atoms with Gasteiger partial charge in [0.25, 0.3) is 0 Å². The molecule has 0 radical (unpaired) electrons. The first-order valence-corrected chi connectivity index (χ1v) is 9.16. The molecule has 1 fully saturated rings. The third-order valence-corrected chi connectivity index (χ3v) is 4.97. The van der Waals surface area contributed by atoms with Crippen LogP contribution in [0, 0.1) is 5.82 Å². The fourth-order valence-corrected chi connectivity index (χ4v) is 3.33. The first kappa shape index (κ1) is 18.9. The molecule has 26 heavy (non-hydrogen) atoms. The molecule has 0 spiro atoms. The molecule has 0 unspecified atom stereocenters. The zero-order valence-electron chi connectivity index (χ0n) is 14.2. The minimum Gasteiger partial charge on any atom is -0.337 e. The molecule has 3 rings (SSSR count).